The Balaban J connectivity index is 1.88. The van der Waals surface area contributed by atoms with Crippen molar-refractivity contribution in [2.45, 2.75) is 19.8 Å². The first-order valence-corrected chi connectivity index (χ1v) is 7.99. The van der Waals surface area contributed by atoms with Crippen LogP contribution in [0.4, 0.5) is 23.3 Å². The molecule has 0 bridgehead atoms. The summed E-state index contributed by atoms with van der Waals surface area (Å²) in [6.45, 7) is 2.05. The van der Waals surface area contributed by atoms with E-state index < -0.39 is 0 Å². The summed E-state index contributed by atoms with van der Waals surface area (Å²) >= 11 is 0. The number of phenols is 2. The molecule has 0 saturated carbocycles. The van der Waals surface area contributed by atoms with E-state index in [2.05, 4.69) is 32.5 Å². The van der Waals surface area contributed by atoms with E-state index in [1.807, 2.05) is 12.1 Å². The van der Waals surface area contributed by atoms with Crippen molar-refractivity contribution in [2.24, 2.45) is 0 Å². The van der Waals surface area contributed by atoms with Gasteiger partial charge in [-0.25, -0.2) is 0 Å². The van der Waals surface area contributed by atoms with Crippen LogP contribution in [0, 0.1) is 0 Å². The number of phenolic OH excluding ortho intramolecular Hbond substituents is 2. The van der Waals surface area contributed by atoms with Gasteiger partial charge in [0.05, 0.1) is 0 Å². The summed E-state index contributed by atoms with van der Waals surface area (Å²) in [5.74, 6) is 1.73. The quantitative estimate of drug-likeness (QED) is 0.543. The average Bonchev–Trinajstić information content (AvgIpc) is 2.55. The summed E-state index contributed by atoms with van der Waals surface area (Å²) in [5.41, 5.74) is 1.36. The van der Waals surface area contributed by atoms with Crippen molar-refractivity contribution in [3.05, 3.63) is 54.4 Å². The van der Waals surface area contributed by atoms with Crippen LogP contribution in [-0.4, -0.2) is 25.2 Å². The van der Waals surface area contributed by atoms with Gasteiger partial charge < -0.3 is 20.8 Å². The molecule has 0 fully saturated rings. The Bertz CT molecular complexity index is 804. The minimum atomic E-state index is 0.158. The summed E-state index contributed by atoms with van der Waals surface area (Å²) in [7, 11) is 0. The van der Waals surface area contributed by atoms with Crippen molar-refractivity contribution in [2.75, 3.05) is 10.6 Å². The van der Waals surface area contributed by atoms with Crippen LogP contribution in [0.2, 0.25) is 0 Å². The number of hydrogen-bond acceptors (Lipinski definition) is 7. The van der Waals surface area contributed by atoms with E-state index in [9.17, 15) is 10.2 Å². The molecule has 128 valence electrons. The molecule has 3 rings (SSSR count). The van der Waals surface area contributed by atoms with Gasteiger partial charge in [0.25, 0.3) is 0 Å². The van der Waals surface area contributed by atoms with Gasteiger partial charge in [-0.1, -0.05) is 19.1 Å². The summed E-state index contributed by atoms with van der Waals surface area (Å²) in [6.07, 6.45) is 1.62. The third kappa shape index (κ3) is 4.57. The lowest BCUT2D eigenvalue weighted by Crippen LogP contribution is -2.07. The predicted octanol–water partition coefficient (Wildman–Crippen LogP) is 3.72. The van der Waals surface area contributed by atoms with Gasteiger partial charge in [-0.2, -0.15) is 15.0 Å². The lowest BCUT2D eigenvalue weighted by atomic mass is 10.3. The fourth-order valence-corrected chi connectivity index (χ4v) is 2.29. The van der Waals surface area contributed by atoms with Crippen LogP contribution in [0.5, 0.6) is 11.5 Å². The molecule has 4 N–H and O–H groups in total. The zero-order valence-electron chi connectivity index (χ0n) is 13.8. The largest absolute Gasteiger partial charge is 0.508 e. The van der Waals surface area contributed by atoms with Crippen molar-refractivity contribution in [3.8, 4) is 11.5 Å². The number of rotatable bonds is 6. The third-order valence-corrected chi connectivity index (χ3v) is 3.36. The molecule has 0 amide bonds. The molecule has 2 aromatic carbocycles. The standard InChI is InChI=1S/C18H19N5O2/c1-2-5-16-21-17(19-12-6-3-8-14(24)10-12)23-18(22-16)20-13-7-4-9-15(25)11-13/h3-4,6-11,24-25H,2,5H2,1H3,(H2,19,20,21,22,23). The van der Waals surface area contributed by atoms with E-state index >= 15 is 0 Å². The molecule has 0 aliphatic rings. The highest BCUT2D eigenvalue weighted by atomic mass is 16.3. The SMILES string of the molecule is CCCc1nc(Nc2cccc(O)c2)nc(Nc2cccc(O)c2)n1. The fourth-order valence-electron chi connectivity index (χ4n) is 2.29. The van der Waals surface area contributed by atoms with E-state index in [-0.39, 0.29) is 11.5 Å². The van der Waals surface area contributed by atoms with E-state index in [4.69, 9.17) is 0 Å². The highest BCUT2D eigenvalue weighted by molar-refractivity contribution is 5.59. The number of aryl methyl sites for hydroxylation is 1. The number of nitrogens with one attached hydrogen (secondary N) is 2. The molecule has 0 unspecified atom stereocenters. The van der Waals surface area contributed by atoms with Crippen LogP contribution in [-0.2, 0) is 6.42 Å². The van der Waals surface area contributed by atoms with Crippen LogP contribution in [0.1, 0.15) is 19.2 Å². The number of benzene rings is 2. The maximum atomic E-state index is 9.58. The fraction of sp³-hybridized carbons (Fsp3) is 0.167. The molecule has 3 aromatic rings. The number of nitrogens with zero attached hydrogens (tertiary/aromatic N) is 3. The molecule has 7 heteroatoms. The Morgan fingerprint density at radius 3 is 1.76 bits per heavy atom. The highest BCUT2D eigenvalue weighted by Gasteiger charge is 2.08. The average molecular weight is 337 g/mol. The van der Waals surface area contributed by atoms with Gasteiger partial charge in [0, 0.05) is 29.9 Å². The van der Waals surface area contributed by atoms with E-state index in [0.717, 1.165) is 6.42 Å². The first-order chi connectivity index (χ1) is 12.1. The van der Waals surface area contributed by atoms with Gasteiger partial charge in [0.15, 0.2) is 0 Å². The second-order valence-corrected chi connectivity index (χ2v) is 5.50. The number of aromatic hydroxyl groups is 2. The Hall–Kier alpha value is -3.35. The lowest BCUT2D eigenvalue weighted by Gasteiger charge is -2.10. The molecule has 25 heavy (non-hydrogen) atoms. The maximum Gasteiger partial charge on any atom is 0.232 e. The first-order valence-electron chi connectivity index (χ1n) is 7.99. The second kappa shape index (κ2) is 7.48. The minimum Gasteiger partial charge on any atom is -0.508 e. The zero-order chi connectivity index (χ0) is 17.6. The van der Waals surface area contributed by atoms with Gasteiger partial charge in [0.1, 0.15) is 17.3 Å². The van der Waals surface area contributed by atoms with Gasteiger partial charge in [-0.3, -0.25) is 0 Å². The van der Waals surface area contributed by atoms with Crippen molar-refractivity contribution in [3.63, 3.8) is 0 Å². The Morgan fingerprint density at radius 2 is 1.32 bits per heavy atom. The molecule has 1 aromatic heterocycles. The van der Waals surface area contributed by atoms with Gasteiger partial charge in [-0.05, 0) is 30.7 Å². The third-order valence-electron chi connectivity index (χ3n) is 3.36. The van der Waals surface area contributed by atoms with Gasteiger partial charge >= 0.3 is 0 Å². The first kappa shape index (κ1) is 16.5. The summed E-state index contributed by atoms with van der Waals surface area (Å²) in [6, 6.07) is 13.5. The lowest BCUT2D eigenvalue weighted by molar-refractivity contribution is 0.475. The molecule has 1 heterocycles. The Morgan fingerprint density at radius 1 is 0.800 bits per heavy atom. The van der Waals surface area contributed by atoms with Crippen molar-refractivity contribution in [1.82, 2.24) is 15.0 Å². The molecule has 7 nitrogen and oxygen atoms in total. The van der Waals surface area contributed by atoms with E-state index in [1.54, 1.807) is 36.4 Å². The molecule has 0 saturated heterocycles. The number of aromatic nitrogens is 3. The van der Waals surface area contributed by atoms with Crippen molar-refractivity contribution >= 4 is 23.3 Å². The van der Waals surface area contributed by atoms with E-state index in [0.29, 0.717) is 35.5 Å². The summed E-state index contributed by atoms with van der Waals surface area (Å²) in [5, 5.41) is 25.3. The molecule has 0 atom stereocenters. The second-order valence-electron chi connectivity index (χ2n) is 5.50. The molecule has 0 aliphatic carbocycles. The molecular formula is C18H19N5O2. The predicted molar refractivity (Wildman–Crippen MR) is 96.6 cm³/mol. The van der Waals surface area contributed by atoms with Crippen LogP contribution >= 0.6 is 0 Å². The topological polar surface area (TPSA) is 103 Å². The number of hydrogen-bond donors (Lipinski definition) is 4. The highest BCUT2D eigenvalue weighted by Crippen LogP contribution is 2.22. The molecular weight excluding hydrogens is 318 g/mol. The van der Waals surface area contributed by atoms with Crippen LogP contribution < -0.4 is 10.6 Å². The minimum absolute atomic E-state index is 0.158. The Kier molecular flexibility index (Phi) is 4.94. The summed E-state index contributed by atoms with van der Waals surface area (Å²) < 4.78 is 0. The molecule has 0 aliphatic heterocycles. The molecule has 0 spiro atoms. The molecule has 0 radical (unpaired) electrons. The normalized spacial score (nSPS) is 10.4. The van der Waals surface area contributed by atoms with Gasteiger partial charge in [-0.15, -0.1) is 0 Å². The van der Waals surface area contributed by atoms with Crippen LogP contribution in [0.25, 0.3) is 0 Å². The van der Waals surface area contributed by atoms with Gasteiger partial charge in [0.2, 0.25) is 11.9 Å². The van der Waals surface area contributed by atoms with Crippen molar-refractivity contribution < 1.29 is 10.2 Å². The van der Waals surface area contributed by atoms with Crippen molar-refractivity contribution in [1.29, 1.82) is 0 Å². The summed E-state index contributed by atoms with van der Waals surface area (Å²) in [4.78, 5) is 13.2. The number of anilines is 4. The maximum absolute atomic E-state index is 9.58. The van der Waals surface area contributed by atoms with Crippen LogP contribution in [0.15, 0.2) is 48.5 Å². The van der Waals surface area contributed by atoms with E-state index in [1.165, 1.54) is 0 Å². The Labute approximate surface area is 145 Å². The van der Waals surface area contributed by atoms with Crippen LogP contribution in [0.3, 0.4) is 0 Å². The smallest absolute Gasteiger partial charge is 0.232 e. The zero-order valence-corrected chi connectivity index (χ0v) is 13.8. The monoisotopic (exact) mass is 337 g/mol.